The van der Waals surface area contributed by atoms with Crippen molar-refractivity contribution in [1.82, 2.24) is 10.3 Å². The van der Waals surface area contributed by atoms with Crippen LogP contribution in [0.15, 0.2) is 24.4 Å². The van der Waals surface area contributed by atoms with Crippen molar-refractivity contribution >= 4 is 22.5 Å². The van der Waals surface area contributed by atoms with E-state index in [0.717, 1.165) is 48.1 Å². The normalized spacial score (nSPS) is 17.8. The molecule has 1 N–H and O–H groups in total. The van der Waals surface area contributed by atoms with Gasteiger partial charge >= 0.3 is 0 Å². The lowest BCUT2D eigenvalue weighted by Gasteiger charge is -2.36. The monoisotopic (exact) mass is 341 g/mol. The van der Waals surface area contributed by atoms with Crippen LogP contribution in [-0.2, 0) is 4.79 Å². The summed E-state index contributed by atoms with van der Waals surface area (Å²) < 4.78 is 5.47. The minimum absolute atomic E-state index is 0.0168. The molecule has 1 fully saturated rings. The molecule has 0 bridgehead atoms. The molecule has 0 spiro atoms. The number of pyridine rings is 1. The number of ether oxygens (including phenoxy) is 1. The third-order valence-electron chi connectivity index (χ3n) is 4.84. The third-order valence-corrected chi connectivity index (χ3v) is 4.84. The Kier molecular flexibility index (Phi) is 5.11. The van der Waals surface area contributed by atoms with E-state index in [1.54, 1.807) is 7.11 Å². The van der Waals surface area contributed by atoms with Gasteiger partial charge in [0.05, 0.1) is 12.8 Å². The SMILES string of the molecule is COc1cccc2c(N3CCCC(NC(=O)C(C)C)C3)c(C)cnc12. The number of anilines is 1. The lowest BCUT2D eigenvalue weighted by atomic mass is 10.0. The number of nitrogens with zero attached hydrogens (tertiary/aromatic N) is 2. The first-order valence-electron chi connectivity index (χ1n) is 8.99. The zero-order valence-electron chi connectivity index (χ0n) is 15.5. The molecular weight excluding hydrogens is 314 g/mol. The third kappa shape index (κ3) is 3.55. The maximum Gasteiger partial charge on any atom is 0.222 e. The lowest BCUT2D eigenvalue weighted by Crippen LogP contribution is -2.49. The maximum absolute atomic E-state index is 12.1. The second-order valence-electron chi connectivity index (χ2n) is 7.09. The Balaban J connectivity index is 1.93. The van der Waals surface area contributed by atoms with E-state index in [2.05, 4.69) is 28.2 Å². The smallest absolute Gasteiger partial charge is 0.222 e. The van der Waals surface area contributed by atoms with Crippen molar-refractivity contribution in [2.45, 2.75) is 39.7 Å². The molecule has 3 rings (SSSR count). The van der Waals surface area contributed by atoms with Crippen molar-refractivity contribution in [1.29, 1.82) is 0 Å². The van der Waals surface area contributed by atoms with Gasteiger partial charge < -0.3 is 15.0 Å². The fourth-order valence-electron chi connectivity index (χ4n) is 3.53. The summed E-state index contributed by atoms with van der Waals surface area (Å²) >= 11 is 0. The highest BCUT2D eigenvalue weighted by Gasteiger charge is 2.25. The average Bonchev–Trinajstić information content (AvgIpc) is 2.61. The van der Waals surface area contributed by atoms with Gasteiger partial charge in [-0.15, -0.1) is 0 Å². The number of amides is 1. The van der Waals surface area contributed by atoms with Crippen LogP contribution in [0.4, 0.5) is 5.69 Å². The van der Waals surface area contributed by atoms with E-state index >= 15 is 0 Å². The largest absolute Gasteiger partial charge is 0.494 e. The molecule has 0 saturated carbocycles. The molecule has 1 atom stereocenters. The average molecular weight is 341 g/mol. The summed E-state index contributed by atoms with van der Waals surface area (Å²) in [6.07, 6.45) is 4.01. The van der Waals surface area contributed by atoms with Gasteiger partial charge in [-0.3, -0.25) is 9.78 Å². The Morgan fingerprint density at radius 2 is 2.20 bits per heavy atom. The summed E-state index contributed by atoms with van der Waals surface area (Å²) in [5.41, 5.74) is 3.24. The van der Waals surface area contributed by atoms with Gasteiger partial charge in [-0.05, 0) is 31.4 Å². The maximum atomic E-state index is 12.1. The fraction of sp³-hybridized carbons (Fsp3) is 0.500. The molecule has 0 radical (unpaired) electrons. The Morgan fingerprint density at radius 1 is 1.40 bits per heavy atom. The second kappa shape index (κ2) is 7.30. The van der Waals surface area contributed by atoms with E-state index in [9.17, 15) is 4.79 Å². The lowest BCUT2D eigenvalue weighted by molar-refractivity contribution is -0.124. The zero-order chi connectivity index (χ0) is 18.0. The number of aromatic nitrogens is 1. The topological polar surface area (TPSA) is 54.5 Å². The van der Waals surface area contributed by atoms with Crippen LogP contribution in [0.5, 0.6) is 5.75 Å². The predicted molar refractivity (Wildman–Crippen MR) is 101 cm³/mol. The number of fused-ring (bicyclic) bond motifs is 1. The summed E-state index contributed by atoms with van der Waals surface area (Å²) in [5.74, 6) is 0.938. The minimum Gasteiger partial charge on any atom is -0.494 e. The van der Waals surface area contributed by atoms with Crippen molar-refractivity contribution < 1.29 is 9.53 Å². The number of methoxy groups -OCH3 is 1. The highest BCUT2D eigenvalue weighted by Crippen LogP contribution is 2.34. The van der Waals surface area contributed by atoms with Crippen LogP contribution < -0.4 is 15.0 Å². The molecular formula is C20H27N3O2. The Bertz CT molecular complexity index is 773. The van der Waals surface area contributed by atoms with Crippen LogP contribution in [0, 0.1) is 12.8 Å². The van der Waals surface area contributed by atoms with Crippen LogP contribution in [0.1, 0.15) is 32.3 Å². The van der Waals surface area contributed by atoms with Crippen LogP contribution in [0.2, 0.25) is 0 Å². The quantitative estimate of drug-likeness (QED) is 0.927. The number of rotatable bonds is 4. The highest BCUT2D eigenvalue weighted by molar-refractivity contribution is 5.96. The van der Waals surface area contributed by atoms with Gasteiger partial charge in [0.25, 0.3) is 0 Å². The van der Waals surface area contributed by atoms with Crippen LogP contribution in [0.3, 0.4) is 0 Å². The molecule has 5 heteroatoms. The van der Waals surface area contributed by atoms with Gasteiger partial charge in [0.2, 0.25) is 5.91 Å². The molecule has 1 aromatic carbocycles. The summed E-state index contributed by atoms with van der Waals surface area (Å²) in [6, 6.07) is 6.24. The number of piperidine rings is 1. The minimum atomic E-state index is 0.0168. The number of hydrogen-bond acceptors (Lipinski definition) is 4. The molecule has 1 amide bonds. The van der Waals surface area contributed by atoms with E-state index in [1.165, 1.54) is 5.69 Å². The molecule has 5 nitrogen and oxygen atoms in total. The first-order valence-corrected chi connectivity index (χ1v) is 8.99. The first kappa shape index (κ1) is 17.5. The standard InChI is InChI=1S/C20H27N3O2/c1-13(2)20(24)22-15-7-6-10-23(12-15)19-14(3)11-21-18-16(19)8-5-9-17(18)25-4/h5,8-9,11,13,15H,6-7,10,12H2,1-4H3,(H,22,24). The van der Waals surface area contributed by atoms with Gasteiger partial charge in [-0.2, -0.15) is 0 Å². The number of aryl methyl sites for hydroxylation is 1. The van der Waals surface area contributed by atoms with E-state index in [0.29, 0.717) is 0 Å². The van der Waals surface area contributed by atoms with Crippen molar-refractivity contribution in [2.24, 2.45) is 5.92 Å². The van der Waals surface area contributed by atoms with E-state index in [4.69, 9.17) is 4.74 Å². The second-order valence-corrected chi connectivity index (χ2v) is 7.09. The van der Waals surface area contributed by atoms with Crippen molar-refractivity contribution in [2.75, 3.05) is 25.1 Å². The number of hydrogen-bond donors (Lipinski definition) is 1. The van der Waals surface area contributed by atoms with Gasteiger partial charge in [0.15, 0.2) is 0 Å². The summed E-state index contributed by atoms with van der Waals surface area (Å²) in [6.45, 7) is 7.78. The fourth-order valence-corrected chi connectivity index (χ4v) is 3.53. The molecule has 1 aliphatic rings. The Hall–Kier alpha value is -2.30. The van der Waals surface area contributed by atoms with Crippen molar-refractivity contribution in [3.05, 3.63) is 30.0 Å². The van der Waals surface area contributed by atoms with E-state index < -0.39 is 0 Å². The summed E-state index contributed by atoms with van der Waals surface area (Å²) in [5, 5.41) is 4.29. The number of para-hydroxylation sites is 1. The number of carbonyl (C=O) groups excluding carboxylic acids is 1. The molecule has 2 aromatic rings. The van der Waals surface area contributed by atoms with Crippen molar-refractivity contribution in [3.8, 4) is 5.75 Å². The molecule has 1 aliphatic heterocycles. The van der Waals surface area contributed by atoms with E-state index in [1.807, 2.05) is 32.2 Å². The molecule has 1 saturated heterocycles. The molecule has 2 heterocycles. The summed E-state index contributed by atoms with van der Waals surface area (Å²) in [7, 11) is 1.67. The first-order chi connectivity index (χ1) is 12.0. The van der Waals surface area contributed by atoms with E-state index in [-0.39, 0.29) is 17.9 Å². The summed E-state index contributed by atoms with van der Waals surface area (Å²) in [4.78, 5) is 19.0. The molecule has 25 heavy (non-hydrogen) atoms. The van der Waals surface area contributed by atoms with Gasteiger partial charge in [-0.1, -0.05) is 26.0 Å². The molecule has 1 aromatic heterocycles. The molecule has 1 unspecified atom stereocenters. The predicted octanol–water partition coefficient (Wildman–Crippen LogP) is 3.29. The Labute approximate surface area is 149 Å². The molecule has 134 valence electrons. The van der Waals surface area contributed by atoms with Crippen LogP contribution in [0.25, 0.3) is 10.9 Å². The van der Waals surface area contributed by atoms with Crippen LogP contribution in [-0.4, -0.2) is 37.1 Å². The molecule has 0 aliphatic carbocycles. The Morgan fingerprint density at radius 3 is 2.92 bits per heavy atom. The van der Waals surface area contributed by atoms with Crippen LogP contribution >= 0.6 is 0 Å². The highest BCUT2D eigenvalue weighted by atomic mass is 16.5. The van der Waals surface area contributed by atoms with Gasteiger partial charge in [0.1, 0.15) is 11.3 Å². The van der Waals surface area contributed by atoms with Gasteiger partial charge in [-0.25, -0.2) is 0 Å². The number of benzene rings is 1. The van der Waals surface area contributed by atoms with Crippen molar-refractivity contribution in [3.63, 3.8) is 0 Å². The zero-order valence-corrected chi connectivity index (χ0v) is 15.5. The number of nitrogens with one attached hydrogen (secondary N) is 1. The number of carbonyl (C=O) groups is 1. The van der Waals surface area contributed by atoms with Gasteiger partial charge in [0, 0.05) is 36.6 Å².